The van der Waals surface area contributed by atoms with Crippen LogP contribution in [0.4, 0.5) is 21.0 Å². The Labute approximate surface area is 805 Å². The highest BCUT2D eigenvalue weighted by molar-refractivity contribution is 8.77. The number of carbonyl (C=O) groups is 4. The van der Waals surface area contributed by atoms with Gasteiger partial charge in [0, 0.05) is 120 Å². The molecule has 4 N–H and O–H groups in total. The van der Waals surface area contributed by atoms with Crippen molar-refractivity contribution in [2.24, 2.45) is 0 Å². The third-order valence-electron chi connectivity index (χ3n) is 24.7. The summed E-state index contributed by atoms with van der Waals surface area (Å²) in [5.41, 5.74) is 5.54. The summed E-state index contributed by atoms with van der Waals surface area (Å²) < 4.78 is 25.3. The van der Waals surface area contributed by atoms with E-state index in [4.69, 9.17) is 40.5 Å². The topological polar surface area (TPSA) is 384 Å². The molecule has 0 saturated carbocycles. The van der Waals surface area contributed by atoms with Gasteiger partial charge in [-0.15, -0.1) is 11.6 Å². The molecule has 0 spiro atoms. The Morgan fingerprint density at radius 3 is 1.42 bits per heavy atom. The van der Waals surface area contributed by atoms with Gasteiger partial charge in [0.2, 0.25) is 0 Å². The van der Waals surface area contributed by atoms with Gasteiger partial charge in [-0.25, -0.2) is 39.1 Å². The molecule has 4 aliphatic rings. The molecule has 38 heteroatoms. The number of esters is 2. The van der Waals surface area contributed by atoms with E-state index in [-0.39, 0.29) is 108 Å². The molecule has 2 unspecified atom stereocenters. The molecule has 134 heavy (non-hydrogen) atoms. The third-order valence-corrected chi connectivity index (χ3v) is 29.9. The lowest BCUT2D eigenvalue weighted by Gasteiger charge is -2.39. The van der Waals surface area contributed by atoms with Crippen LogP contribution in [0.2, 0.25) is 0 Å². The minimum atomic E-state index is -1.93. The first-order valence-electron chi connectivity index (χ1n) is 44.6. The van der Waals surface area contributed by atoms with E-state index in [1.807, 2.05) is 74.6 Å². The minimum absolute atomic E-state index is 0. The highest BCUT2D eigenvalue weighted by atomic mass is 35.5. The number of quaternary nitrogens is 1. The molecule has 4 aliphatic heterocycles. The molecule has 0 fully saturated rings. The molecule has 4 atom stereocenters. The van der Waals surface area contributed by atoms with Crippen LogP contribution in [-0.4, -0.2) is 220 Å². The van der Waals surface area contributed by atoms with E-state index in [1.54, 1.807) is 142 Å². The average molecular weight is 1950 g/mol. The zero-order chi connectivity index (χ0) is 95.8. The maximum atomic E-state index is 13.9. The largest absolute Gasteiger partial charge is 1.00 e. The molecule has 0 saturated heterocycles. The number of phenols is 2. The number of fused-ring (bicyclic) bond motifs is 10. The van der Waals surface area contributed by atoms with E-state index in [0.717, 1.165) is 140 Å². The molecule has 0 bridgehead atoms. The van der Waals surface area contributed by atoms with Crippen molar-refractivity contribution < 1.29 is 85.3 Å². The first kappa shape index (κ1) is 104. The zero-order valence-electron chi connectivity index (χ0n) is 77.4. The van der Waals surface area contributed by atoms with Gasteiger partial charge in [-0.3, -0.25) is 29.8 Å². The minimum Gasteiger partial charge on any atom is -1.00 e. The lowest BCUT2D eigenvalue weighted by Crippen LogP contribution is -3.00. The number of rotatable bonds is 39. The molecular formula is C96H116Cl2N14O18S4. The second kappa shape index (κ2) is 46.8. The molecule has 14 rings (SSSR count). The molecule has 716 valence electrons. The number of aromatic hydroxyl groups is 2. The Balaban J connectivity index is 0.000000213. The number of hydrogen-bond donors (Lipinski definition) is 4. The van der Waals surface area contributed by atoms with E-state index >= 15 is 0 Å². The van der Waals surface area contributed by atoms with Crippen LogP contribution in [0.25, 0.3) is 44.6 Å². The van der Waals surface area contributed by atoms with Gasteiger partial charge >= 0.3 is 35.5 Å². The van der Waals surface area contributed by atoms with Crippen molar-refractivity contribution in [1.29, 1.82) is 0 Å². The Bertz CT molecular complexity index is 6040. The summed E-state index contributed by atoms with van der Waals surface area (Å²) in [6, 6.07) is 35.2. The predicted molar refractivity (Wildman–Crippen MR) is 518 cm³/mol. The molecule has 6 aromatic heterocycles. The van der Waals surface area contributed by atoms with Gasteiger partial charge in [0.1, 0.15) is 48.8 Å². The summed E-state index contributed by atoms with van der Waals surface area (Å²) in [6.07, 6.45) is 11.6. The Morgan fingerprint density at radius 2 is 0.993 bits per heavy atom. The van der Waals surface area contributed by atoms with Crippen LogP contribution in [0.1, 0.15) is 172 Å². The number of aliphatic hydroxyl groups is 2. The van der Waals surface area contributed by atoms with Gasteiger partial charge in [0.15, 0.2) is 21.3 Å². The smallest absolute Gasteiger partial charge is 0.414 e. The highest BCUT2D eigenvalue weighted by Crippen LogP contribution is 2.46. The molecule has 0 radical (unpaired) electrons. The van der Waals surface area contributed by atoms with Gasteiger partial charge in [0.05, 0.1) is 92.9 Å². The predicted octanol–water partition coefficient (Wildman–Crippen LogP) is 14.1. The number of nitro groups is 2. The van der Waals surface area contributed by atoms with Crippen molar-refractivity contribution in [3.63, 3.8) is 0 Å². The number of carbonyl (C=O) groups excluding carboxylic acids is 4. The number of aromatic nitrogens is 6. The number of phenolic OH excluding ortho intramolecular Hbond substituents is 2. The average Bonchev–Trinajstić information content (AvgIpc) is 1.51. The third kappa shape index (κ3) is 24.5. The van der Waals surface area contributed by atoms with Crippen LogP contribution in [0.5, 0.6) is 23.0 Å². The van der Waals surface area contributed by atoms with Crippen molar-refractivity contribution in [3.05, 3.63) is 230 Å². The van der Waals surface area contributed by atoms with Gasteiger partial charge in [-0.1, -0.05) is 80.7 Å². The van der Waals surface area contributed by atoms with Crippen molar-refractivity contribution in [2.75, 3.05) is 107 Å². The maximum absolute atomic E-state index is 13.9. The van der Waals surface area contributed by atoms with E-state index in [2.05, 4.69) is 54.8 Å². The molecule has 32 nitrogen and oxygen atoms in total. The fourth-order valence-corrected chi connectivity index (χ4v) is 21.3. The fourth-order valence-electron chi connectivity index (χ4n) is 16.7. The van der Waals surface area contributed by atoms with Gasteiger partial charge in [-0.2, -0.15) is 0 Å². The van der Waals surface area contributed by atoms with E-state index in [0.29, 0.717) is 109 Å². The zero-order valence-corrected chi connectivity index (χ0v) is 82.2. The second-order valence-electron chi connectivity index (χ2n) is 34.5. The van der Waals surface area contributed by atoms with Crippen LogP contribution >= 0.6 is 54.8 Å². The summed E-state index contributed by atoms with van der Waals surface area (Å²) in [4.78, 5) is 127. The van der Waals surface area contributed by atoms with E-state index < -0.39 is 39.1 Å². The van der Waals surface area contributed by atoms with Crippen LogP contribution in [0, 0.1) is 20.2 Å². The standard InChI is InChI=1S/C48H57N7O9S2.C25H35ClN4O4S2.C23H23N3O5.ClH/c1-7-48(60)37-27-40-43-32(28-53(40)45(57)36(37)30-63-46(48)58)26-34-35(42(56)21-20-38(34)50-43)29-55(5,6)41(15-10-9-11-25-65-66-44-39(54(61)62)14-12-22-49-44)31-16-18-33(19-17-31)64-47(59)52(4)24-13-23-51(3)8-2;1-4-28(2)17-9-18-29(3)25(31)34-21-14-12-20(13-15-21)22(26)10-6-5-7-19-35-36-24-23(30(32)33)11-8-16-27-24;1-4-23(30)16-8-18-20-12(9-26(18)21(28)15(16)11-31-22(23)29)7-13-14(10-25(2)3)19(27)6-5-17(13)24-20;/h12,14,16-22,26-27,41,60H,7-11,13,15,23-25,28-30H2,1-6H3;8,11-16,22H,4-7,9-10,17-19H2,1-3H3;5-8,27,30H,4,9-11H2,1-3H3;1H/t41?,48-;;23-;/m0.0./s1. The number of unbranched alkanes of at least 4 members (excludes halogenated alkanes) is 4. The molecule has 2 amide bonds. The fraction of sp³-hybridized carbons (Fsp3) is 0.438. The van der Waals surface area contributed by atoms with Crippen LogP contribution in [0.3, 0.4) is 0 Å². The first-order valence-corrected chi connectivity index (χ1v) is 49.6. The summed E-state index contributed by atoms with van der Waals surface area (Å²) in [5, 5.41) is 69.0. The van der Waals surface area contributed by atoms with Gasteiger partial charge in [-0.05, 0) is 230 Å². The summed E-state index contributed by atoms with van der Waals surface area (Å²) >= 11 is 6.58. The van der Waals surface area contributed by atoms with Crippen molar-refractivity contribution in [3.8, 4) is 45.8 Å². The Morgan fingerprint density at radius 1 is 0.567 bits per heavy atom. The Hall–Kier alpha value is -10.5. The summed E-state index contributed by atoms with van der Waals surface area (Å²) in [6.45, 7) is 13.7. The quantitative estimate of drug-likeness (QED) is 0.00529. The first-order chi connectivity index (χ1) is 63.6. The molecule has 0 aliphatic carbocycles. The summed E-state index contributed by atoms with van der Waals surface area (Å²) in [5.74, 6) is 1.43. The van der Waals surface area contributed by atoms with Crippen molar-refractivity contribution >= 4 is 112 Å². The van der Waals surface area contributed by atoms with Crippen LogP contribution in [0.15, 0.2) is 153 Å². The highest BCUT2D eigenvalue weighted by Gasteiger charge is 2.48. The number of pyridine rings is 6. The lowest BCUT2D eigenvalue weighted by atomic mass is 9.86. The number of amides is 2. The second-order valence-corrected chi connectivity index (χ2v) is 39.8. The monoisotopic (exact) mass is 1950 g/mol. The number of alkyl halides is 1. The molecular weight excluding hydrogens is 1840 g/mol. The summed E-state index contributed by atoms with van der Waals surface area (Å²) in [7, 11) is 21.5. The number of nitrogens with zero attached hydrogens (tertiary/aromatic N) is 14. The van der Waals surface area contributed by atoms with Crippen molar-refractivity contribution in [2.45, 2.75) is 177 Å². The normalized spacial score (nSPS) is 15.5. The number of ether oxygens (including phenoxy) is 4. The number of cyclic esters (lactones) is 2. The lowest BCUT2D eigenvalue weighted by molar-refractivity contribution is -0.934. The van der Waals surface area contributed by atoms with E-state index in [1.165, 1.54) is 33.7 Å². The molecule has 10 aromatic rings. The van der Waals surface area contributed by atoms with Crippen molar-refractivity contribution in [1.82, 2.24) is 53.6 Å². The molecule has 10 heterocycles. The number of halogens is 2. The van der Waals surface area contributed by atoms with E-state index in [9.17, 15) is 69.4 Å². The van der Waals surface area contributed by atoms with Crippen LogP contribution < -0.4 is 33.0 Å². The molecule has 4 aromatic carbocycles. The Kier molecular flexibility index (Phi) is 36.4. The van der Waals surface area contributed by atoms with Crippen LogP contribution in [-0.2, 0) is 69.7 Å². The maximum Gasteiger partial charge on any atom is 0.414 e. The van der Waals surface area contributed by atoms with Gasteiger partial charge < -0.3 is 89.9 Å². The number of hydrogen-bond acceptors (Lipinski definition) is 29. The number of benzene rings is 4. The SMILES string of the molecule is CCN(C)CCCN(C)C(=O)Oc1ccc(C(CCCCCSSc2ncccc2[N+](=O)[O-])[N+](C)(C)Cc2c(O)ccc3nc4c(cc23)Cn2c-4cc3c(c2=O)COC(=O)[C@]3(O)CC)cc1.CCN(C)CCCN(C)C(=O)Oc1ccc(C(Cl)CCCCCSSc2ncccc2[N+](=O)[O-])cc1.CC[C@@]1(O)C(=O)OCc2c1cc1n(c2=O)Cc2cc3c(CN(C)C)c(O)ccc3nc2-1.[Cl-]. The van der Waals surface area contributed by atoms with Gasteiger partial charge in [0.25, 0.3) is 11.1 Å².